The summed E-state index contributed by atoms with van der Waals surface area (Å²) in [4.78, 5) is 18.3. The van der Waals surface area contributed by atoms with E-state index in [1.54, 1.807) is 6.20 Å². The quantitative estimate of drug-likeness (QED) is 0.815. The van der Waals surface area contributed by atoms with Crippen LogP contribution in [0.15, 0.2) is 24.4 Å². The van der Waals surface area contributed by atoms with Crippen molar-refractivity contribution in [2.24, 2.45) is 0 Å². The molecule has 2 fully saturated rings. The van der Waals surface area contributed by atoms with Crippen molar-refractivity contribution in [3.05, 3.63) is 30.1 Å². The molecule has 1 unspecified atom stereocenters. The second-order valence-corrected chi connectivity index (χ2v) is 4.89. The second-order valence-electron chi connectivity index (χ2n) is 4.89. The highest BCUT2D eigenvalue weighted by Crippen LogP contribution is 2.23. The summed E-state index contributed by atoms with van der Waals surface area (Å²) in [5, 5.41) is 6.35. The molecule has 2 saturated heterocycles. The maximum absolute atomic E-state index is 12.0. The fourth-order valence-electron chi connectivity index (χ4n) is 2.74. The van der Waals surface area contributed by atoms with Gasteiger partial charge < -0.3 is 15.5 Å². The Bertz CT molecular complexity index is 416. The van der Waals surface area contributed by atoms with Crippen LogP contribution in [0.1, 0.15) is 24.6 Å². The second kappa shape index (κ2) is 4.94. The van der Waals surface area contributed by atoms with E-state index in [1.807, 2.05) is 23.1 Å². The van der Waals surface area contributed by atoms with Crippen LogP contribution >= 0.6 is 0 Å². The molecule has 3 rings (SSSR count). The van der Waals surface area contributed by atoms with Gasteiger partial charge in [-0.15, -0.1) is 0 Å². The van der Waals surface area contributed by atoms with E-state index < -0.39 is 0 Å². The zero-order chi connectivity index (χ0) is 12.4. The van der Waals surface area contributed by atoms with Crippen molar-refractivity contribution in [2.45, 2.75) is 24.9 Å². The highest BCUT2D eigenvalue weighted by Gasteiger charge is 2.35. The molecule has 2 N–H and O–H groups in total. The predicted octanol–water partition coefficient (Wildman–Crippen LogP) is 0.900. The van der Waals surface area contributed by atoms with Gasteiger partial charge in [0.25, 0.3) is 0 Å². The molecule has 0 saturated carbocycles. The summed E-state index contributed by atoms with van der Waals surface area (Å²) in [6.07, 6.45) is 3.86. The normalized spacial score (nSPS) is 25.2. The van der Waals surface area contributed by atoms with E-state index in [-0.39, 0.29) is 12.1 Å². The maximum Gasteiger partial charge on any atom is 0.318 e. The van der Waals surface area contributed by atoms with Crippen LogP contribution in [0.2, 0.25) is 0 Å². The Morgan fingerprint density at radius 3 is 2.83 bits per heavy atom. The Morgan fingerprint density at radius 1 is 1.28 bits per heavy atom. The van der Waals surface area contributed by atoms with Crippen molar-refractivity contribution in [3.8, 4) is 0 Å². The van der Waals surface area contributed by atoms with Gasteiger partial charge >= 0.3 is 6.03 Å². The van der Waals surface area contributed by atoms with Crippen molar-refractivity contribution in [1.29, 1.82) is 0 Å². The van der Waals surface area contributed by atoms with E-state index in [4.69, 9.17) is 0 Å². The number of hydrogen-bond acceptors (Lipinski definition) is 3. The number of amides is 2. The molecule has 1 aromatic rings. The molecule has 18 heavy (non-hydrogen) atoms. The third-order valence-electron chi connectivity index (χ3n) is 3.73. The number of pyridine rings is 1. The number of hydrogen-bond donors (Lipinski definition) is 2. The van der Waals surface area contributed by atoms with Crippen molar-refractivity contribution >= 4 is 6.03 Å². The summed E-state index contributed by atoms with van der Waals surface area (Å²) in [6.45, 7) is 2.74. The highest BCUT2D eigenvalue weighted by atomic mass is 16.2. The van der Waals surface area contributed by atoms with Crippen molar-refractivity contribution in [3.63, 3.8) is 0 Å². The van der Waals surface area contributed by atoms with Crippen LogP contribution in [0.5, 0.6) is 0 Å². The van der Waals surface area contributed by atoms with Gasteiger partial charge in [0, 0.05) is 18.8 Å². The van der Waals surface area contributed by atoms with Crippen molar-refractivity contribution in [1.82, 2.24) is 20.5 Å². The standard InChI is InChI=1S/C13H18N4O/c18-13-16-12(11-3-1-2-6-15-11)9-17(13)10-4-7-14-8-5-10/h1-3,6,10,12,14H,4-5,7-9H2,(H,16,18). The number of carbonyl (C=O) groups excluding carboxylic acids is 1. The van der Waals surface area contributed by atoms with E-state index in [9.17, 15) is 4.79 Å². The minimum Gasteiger partial charge on any atom is -0.328 e. The minimum absolute atomic E-state index is 0.0357. The lowest BCUT2D eigenvalue weighted by Crippen LogP contribution is -2.44. The van der Waals surface area contributed by atoms with Gasteiger partial charge in [-0.1, -0.05) is 6.07 Å². The summed E-state index contributed by atoms with van der Waals surface area (Å²) in [6, 6.07) is 6.29. The molecule has 5 heteroatoms. The summed E-state index contributed by atoms with van der Waals surface area (Å²) in [5.74, 6) is 0. The molecule has 0 aliphatic carbocycles. The molecule has 0 radical (unpaired) electrons. The van der Waals surface area contributed by atoms with E-state index in [2.05, 4.69) is 15.6 Å². The number of nitrogens with zero attached hydrogens (tertiary/aromatic N) is 2. The number of rotatable bonds is 2. The maximum atomic E-state index is 12.0. The SMILES string of the molecule is O=C1NC(c2ccccn2)CN1C1CCNCC1. The van der Waals surface area contributed by atoms with E-state index in [1.165, 1.54) is 0 Å². The number of urea groups is 1. The lowest BCUT2D eigenvalue weighted by molar-refractivity contribution is 0.182. The largest absolute Gasteiger partial charge is 0.328 e. The van der Waals surface area contributed by atoms with Gasteiger partial charge in [0.15, 0.2) is 0 Å². The van der Waals surface area contributed by atoms with Crippen LogP contribution in [0.25, 0.3) is 0 Å². The zero-order valence-electron chi connectivity index (χ0n) is 10.3. The smallest absolute Gasteiger partial charge is 0.318 e. The molecular formula is C13H18N4O. The first-order chi connectivity index (χ1) is 8.84. The Morgan fingerprint density at radius 2 is 2.11 bits per heavy atom. The Hall–Kier alpha value is -1.62. The Kier molecular flexibility index (Phi) is 3.15. The molecule has 0 aromatic carbocycles. The average Bonchev–Trinajstić information content (AvgIpc) is 2.83. The molecule has 0 spiro atoms. The van der Waals surface area contributed by atoms with Crippen LogP contribution in [0.3, 0.4) is 0 Å². The number of nitrogens with one attached hydrogen (secondary N) is 2. The van der Waals surface area contributed by atoms with Gasteiger partial charge in [-0.25, -0.2) is 4.79 Å². The van der Waals surface area contributed by atoms with E-state index in [0.29, 0.717) is 6.04 Å². The molecule has 2 amide bonds. The van der Waals surface area contributed by atoms with Gasteiger partial charge in [-0.05, 0) is 38.1 Å². The Balaban J connectivity index is 1.70. The van der Waals surface area contributed by atoms with Crippen LogP contribution < -0.4 is 10.6 Å². The summed E-state index contributed by atoms with van der Waals surface area (Å²) in [5.41, 5.74) is 0.947. The van der Waals surface area contributed by atoms with Crippen LogP contribution in [-0.2, 0) is 0 Å². The molecule has 0 bridgehead atoms. The van der Waals surface area contributed by atoms with Gasteiger partial charge in [-0.2, -0.15) is 0 Å². The van der Waals surface area contributed by atoms with Crippen LogP contribution in [0.4, 0.5) is 4.79 Å². The average molecular weight is 246 g/mol. The molecule has 3 heterocycles. The molecule has 5 nitrogen and oxygen atoms in total. The molecular weight excluding hydrogens is 228 g/mol. The molecule has 1 aromatic heterocycles. The van der Waals surface area contributed by atoms with Gasteiger partial charge in [0.05, 0.1) is 11.7 Å². The fourth-order valence-corrected chi connectivity index (χ4v) is 2.74. The molecule has 2 aliphatic heterocycles. The topological polar surface area (TPSA) is 57.3 Å². The highest BCUT2D eigenvalue weighted by molar-refractivity contribution is 5.77. The summed E-state index contributed by atoms with van der Waals surface area (Å²) in [7, 11) is 0. The first-order valence-corrected chi connectivity index (χ1v) is 6.53. The summed E-state index contributed by atoms with van der Waals surface area (Å²) >= 11 is 0. The third kappa shape index (κ3) is 2.18. The van der Waals surface area contributed by atoms with Crippen LogP contribution in [0, 0.1) is 0 Å². The fraction of sp³-hybridized carbons (Fsp3) is 0.538. The third-order valence-corrected chi connectivity index (χ3v) is 3.73. The number of aromatic nitrogens is 1. The lowest BCUT2D eigenvalue weighted by Gasteiger charge is -2.30. The Labute approximate surface area is 107 Å². The minimum atomic E-state index is 0.0357. The number of carbonyl (C=O) groups is 1. The zero-order valence-corrected chi connectivity index (χ0v) is 10.3. The number of piperidine rings is 1. The molecule has 96 valence electrons. The van der Waals surface area contributed by atoms with Crippen molar-refractivity contribution in [2.75, 3.05) is 19.6 Å². The molecule has 1 atom stereocenters. The van der Waals surface area contributed by atoms with Crippen LogP contribution in [-0.4, -0.2) is 41.6 Å². The summed E-state index contributed by atoms with van der Waals surface area (Å²) < 4.78 is 0. The monoisotopic (exact) mass is 246 g/mol. The molecule has 2 aliphatic rings. The lowest BCUT2D eigenvalue weighted by atomic mass is 10.0. The van der Waals surface area contributed by atoms with E-state index in [0.717, 1.165) is 38.2 Å². The van der Waals surface area contributed by atoms with Gasteiger partial charge in [-0.3, -0.25) is 4.98 Å². The van der Waals surface area contributed by atoms with Crippen molar-refractivity contribution < 1.29 is 4.79 Å². The van der Waals surface area contributed by atoms with Gasteiger partial charge in [0.1, 0.15) is 0 Å². The van der Waals surface area contributed by atoms with E-state index >= 15 is 0 Å². The first kappa shape index (κ1) is 11.5. The predicted molar refractivity (Wildman–Crippen MR) is 68.1 cm³/mol. The first-order valence-electron chi connectivity index (χ1n) is 6.53. The van der Waals surface area contributed by atoms with Gasteiger partial charge in [0.2, 0.25) is 0 Å².